The van der Waals surface area contributed by atoms with Gasteiger partial charge in [0.2, 0.25) is 0 Å². The fraction of sp³-hybridized carbons (Fsp3) is 0.875. The minimum atomic E-state index is -3.46. The summed E-state index contributed by atoms with van der Waals surface area (Å²) in [6, 6.07) is 0. The third-order valence-electron chi connectivity index (χ3n) is 1.54. The molecular formula is C8H16O6. The van der Waals surface area contributed by atoms with Crippen molar-refractivity contribution < 1.29 is 30.0 Å². The summed E-state index contributed by atoms with van der Waals surface area (Å²) in [7, 11) is 0. The van der Waals surface area contributed by atoms with Gasteiger partial charge in [-0.1, -0.05) is 19.8 Å². The SMILES string of the molecule is CCCCC(O)CC(=O)OC(O)(O)O. The Bertz CT molecular complexity index is 173. The normalized spacial score (nSPS) is 13.8. The zero-order chi connectivity index (χ0) is 11.2. The number of esters is 1. The predicted octanol–water partition coefficient (Wildman–Crippen LogP) is -0.941. The molecule has 6 heteroatoms. The van der Waals surface area contributed by atoms with Crippen LogP contribution in [0.5, 0.6) is 0 Å². The van der Waals surface area contributed by atoms with E-state index in [2.05, 4.69) is 4.74 Å². The van der Waals surface area contributed by atoms with Crippen LogP contribution in [0.4, 0.5) is 0 Å². The van der Waals surface area contributed by atoms with Crippen molar-refractivity contribution in [3.8, 4) is 0 Å². The van der Waals surface area contributed by atoms with Gasteiger partial charge >= 0.3 is 12.1 Å². The van der Waals surface area contributed by atoms with Crippen LogP contribution in [0, 0.1) is 0 Å². The van der Waals surface area contributed by atoms with Crippen LogP contribution < -0.4 is 0 Å². The molecule has 0 saturated carbocycles. The monoisotopic (exact) mass is 208 g/mol. The van der Waals surface area contributed by atoms with Crippen LogP contribution in [-0.4, -0.2) is 38.7 Å². The summed E-state index contributed by atoms with van der Waals surface area (Å²) in [6.07, 6.45) is -2.64. The Kier molecular flexibility index (Phi) is 5.63. The van der Waals surface area contributed by atoms with Gasteiger partial charge in [-0.25, -0.2) is 0 Å². The summed E-state index contributed by atoms with van der Waals surface area (Å²) in [6.45, 7) is 1.94. The molecule has 0 spiro atoms. The van der Waals surface area contributed by atoms with Crippen LogP contribution in [0.3, 0.4) is 0 Å². The third-order valence-corrected chi connectivity index (χ3v) is 1.54. The standard InChI is InChI=1S/C8H16O6/c1-2-3-4-6(9)5-7(10)14-8(11,12)13/h6,9,11-13H,2-5H2,1H3. The molecule has 0 rings (SSSR count). The highest BCUT2D eigenvalue weighted by atomic mass is 16.9. The second-order valence-electron chi connectivity index (χ2n) is 3.05. The lowest BCUT2D eigenvalue weighted by Gasteiger charge is -2.15. The molecule has 14 heavy (non-hydrogen) atoms. The number of hydrogen-bond donors (Lipinski definition) is 4. The molecule has 0 aliphatic carbocycles. The highest BCUT2D eigenvalue weighted by Gasteiger charge is 2.25. The minimum absolute atomic E-state index is 0.372. The first-order chi connectivity index (χ1) is 6.35. The summed E-state index contributed by atoms with van der Waals surface area (Å²) in [5.74, 6) is -1.07. The molecule has 84 valence electrons. The van der Waals surface area contributed by atoms with E-state index in [1.54, 1.807) is 0 Å². The number of aliphatic hydroxyl groups excluding tert-OH is 1. The molecule has 0 saturated heterocycles. The van der Waals surface area contributed by atoms with Crippen LogP contribution in [0.2, 0.25) is 0 Å². The molecule has 0 aromatic heterocycles. The number of carbonyl (C=O) groups excluding carboxylic acids is 1. The average Bonchev–Trinajstić information content (AvgIpc) is 1.96. The Hall–Kier alpha value is -0.690. The molecule has 0 radical (unpaired) electrons. The molecule has 0 aromatic carbocycles. The predicted molar refractivity (Wildman–Crippen MR) is 45.6 cm³/mol. The van der Waals surface area contributed by atoms with Gasteiger partial charge in [0.25, 0.3) is 0 Å². The molecule has 0 fully saturated rings. The van der Waals surface area contributed by atoms with Crippen molar-refractivity contribution in [1.82, 2.24) is 0 Å². The van der Waals surface area contributed by atoms with Gasteiger partial charge in [-0.2, -0.15) is 0 Å². The third kappa shape index (κ3) is 7.93. The Morgan fingerprint density at radius 1 is 1.43 bits per heavy atom. The zero-order valence-electron chi connectivity index (χ0n) is 8.01. The van der Waals surface area contributed by atoms with Gasteiger partial charge in [-0.05, 0) is 6.42 Å². The highest BCUT2D eigenvalue weighted by Crippen LogP contribution is 2.07. The van der Waals surface area contributed by atoms with Crippen molar-refractivity contribution in [2.75, 3.05) is 0 Å². The lowest BCUT2D eigenvalue weighted by Crippen LogP contribution is -2.35. The van der Waals surface area contributed by atoms with Gasteiger partial charge in [-0.15, -0.1) is 0 Å². The lowest BCUT2D eigenvalue weighted by molar-refractivity contribution is -0.435. The quantitative estimate of drug-likeness (QED) is 0.331. The smallest absolute Gasteiger partial charge is 0.393 e. The van der Waals surface area contributed by atoms with Crippen LogP contribution in [-0.2, 0) is 9.53 Å². The lowest BCUT2D eigenvalue weighted by atomic mass is 10.1. The molecule has 0 bridgehead atoms. The van der Waals surface area contributed by atoms with Gasteiger partial charge in [0.05, 0.1) is 12.5 Å². The molecule has 6 nitrogen and oxygen atoms in total. The van der Waals surface area contributed by atoms with E-state index in [0.717, 1.165) is 12.8 Å². The second-order valence-corrected chi connectivity index (χ2v) is 3.05. The van der Waals surface area contributed by atoms with Gasteiger partial charge in [0.15, 0.2) is 0 Å². The van der Waals surface area contributed by atoms with Crippen molar-refractivity contribution in [3.05, 3.63) is 0 Å². The van der Waals surface area contributed by atoms with Crippen molar-refractivity contribution in [3.63, 3.8) is 0 Å². The number of ether oxygens (including phenoxy) is 1. The van der Waals surface area contributed by atoms with Crippen molar-refractivity contribution in [1.29, 1.82) is 0 Å². The fourth-order valence-electron chi connectivity index (χ4n) is 0.929. The second kappa shape index (κ2) is 5.92. The fourth-order valence-corrected chi connectivity index (χ4v) is 0.929. The summed E-state index contributed by atoms with van der Waals surface area (Å²) in [5, 5.41) is 34.0. The summed E-state index contributed by atoms with van der Waals surface area (Å²) in [4.78, 5) is 10.8. The number of hydrogen-bond acceptors (Lipinski definition) is 6. The molecule has 0 amide bonds. The zero-order valence-corrected chi connectivity index (χ0v) is 8.01. The maximum Gasteiger partial charge on any atom is 0.455 e. The molecule has 0 aliphatic heterocycles. The number of unbranched alkanes of at least 4 members (excludes halogenated alkanes) is 1. The first-order valence-electron chi connectivity index (χ1n) is 4.42. The van der Waals surface area contributed by atoms with Crippen molar-refractivity contribution in [2.45, 2.75) is 44.9 Å². The molecule has 1 unspecified atom stereocenters. The maximum absolute atomic E-state index is 10.8. The van der Waals surface area contributed by atoms with Crippen LogP contribution in [0.15, 0.2) is 0 Å². The molecular weight excluding hydrogens is 192 g/mol. The average molecular weight is 208 g/mol. The van der Waals surface area contributed by atoms with E-state index in [1.807, 2.05) is 6.92 Å². The van der Waals surface area contributed by atoms with Crippen LogP contribution in [0.1, 0.15) is 32.6 Å². The first-order valence-corrected chi connectivity index (χ1v) is 4.42. The van der Waals surface area contributed by atoms with E-state index in [9.17, 15) is 9.90 Å². The van der Waals surface area contributed by atoms with E-state index in [0.29, 0.717) is 6.42 Å². The maximum atomic E-state index is 10.8. The number of rotatable bonds is 6. The van der Waals surface area contributed by atoms with Gasteiger partial charge in [-0.3, -0.25) is 4.79 Å². The van der Waals surface area contributed by atoms with Gasteiger partial charge < -0.3 is 25.2 Å². The molecule has 1 atom stereocenters. The summed E-state index contributed by atoms with van der Waals surface area (Å²) in [5.41, 5.74) is 0. The molecule has 0 aromatic rings. The molecule has 0 aliphatic rings. The minimum Gasteiger partial charge on any atom is -0.393 e. The molecule has 4 N–H and O–H groups in total. The Morgan fingerprint density at radius 2 is 2.00 bits per heavy atom. The van der Waals surface area contributed by atoms with Crippen LogP contribution >= 0.6 is 0 Å². The highest BCUT2D eigenvalue weighted by molar-refractivity contribution is 5.70. The van der Waals surface area contributed by atoms with Crippen molar-refractivity contribution >= 4 is 5.97 Å². The largest absolute Gasteiger partial charge is 0.455 e. The van der Waals surface area contributed by atoms with E-state index < -0.39 is 18.2 Å². The van der Waals surface area contributed by atoms with E-state index >= 15 is 0 Å². The topological polar surface area (TPSA) is 107 Å². The van der Waals surface area contributed by atoms with Crippen molar-refractivity contribution in [2.24, 2.45) is 0 Å². The Balaban J connectivity index is 3.71. The van der Waals surface area contributed by atoms with Crippen LogP contribution in [0.25, 0.3) is 0 Å². The molecule has 0 heterocycles. The van der Waals surface area contributed by atoms with E-state index in [-0.39, 0.29) is 6.42 Å². The van der Waals surface area contributed by atoms with E-state index in [1.165, 1.54) is 0 Å². The first kappa shape index (κ1) is 13.3. The Labute approximate surface area is 81.7 Å². The van der Waals surface area contributed by atoms with Gasteiger partial charge in [0, 0.05) is 0 Å². The van der Waals surface area contributed by atoms with E-state index in [4.69, 9.17) is 15.3 Å². The number of carbonyl (C=O) groups is 1. The number of aliphatic hydroxyl groups is 4. The Morgan fingerprint density at radius 3 is 2.43 bits per heavy atom. The summed E-state index contributed by atoms with van der Waals surface area (Å²) >= 11 is 0. The summed E-state index contributed by atoms with van der Waals surface area (Å²) < 4.78 is 3.76. The van der Waals surface area contributed by atoms with Gasteiger partial charge in [0.1, 0.15) is 0 Å².